The van der Waals surface area contributed by atoms with E-state index in [1.54, 1.807) is 30.3 Å². The maximum absolute atomic E-state index is 12.8. The van der Waals surface area contributed by atoms with Crippen molar-refractivity contribution >= 4 is 23.1 Å². The van der Waals surface area contributed by atoms with Gasteiger partial charge in [-0.05, 0) is 66.6 Å². The number of anilines is 1. The highest BCUT2D eigenvalue weighted by Crippen LogP contribution is 2.28. The molecule has 0 saturated carbocycles. The predicted molar refractivity (Wildman–Crippen MR) is 102 cm³/mol. The zero-order chi connectivity index (χ0) is 17.8. The fourth-order valence-electron chi connectivity index (χ4n) is 2.58. The Morgan fingerprint density at radius 2 is 1.60 bits per heavy atom. The molecule has 0 radical (unpaired) electrons. The number of halogens is 1. The minimum absolute atomic E-state index is 0.120. The van der Waals surface area contributed by atoms with Crippen LogP contribution in [0.2, 0.25) is 5.02 Å². The minimum atomic E-state index is -0.120. The monoisotopic (exact) mass is 351 g/mol. The van der Waals surface area contributed by atoms with E-state index in [4.69, 9.17) is 22.1 Å². The van der Waals surface area contributed by atoms with Crippen LogP contribution >= 0.6 is 11.6 Å². The van der Waals surface area contributed by atoms with Gasteiger partial charge in [-0.15, -0.1) is 0 Å². The topological polar surface area (TPSA) is 52.3 Å². The van der Waals surface area contributed by atoms with Crippen LogP contribution in [-0.2, 0) is 0 Å². The number of benzene rings is 3. The van der Waals surface area contributed by atoms with E-state index in [9.17, 15) is 4.79 Å². The van der Waals surface area contributed by atoms with Gasteiger partial charge < -0.3 is 10.5 Å². The zero-order valence-electron chi connectivity index (χ0n) is 13.8. The van der Waals surface area contributed by atoms with E-state index in [1.165, 1.54) is 0 Å². The number of ether oxygens (including phenoxy) is 1. The zero-order valence-corrected chi connectivity index (χ0v) is 14.6. The molecule has 0 bridgehead atoms. The molecule has 4 heteroatoms. The lowest BCUT2D eigenvalue weighted by molar-refractivity contribution is 0.103. The Bertz CT molecular complexity index is 887. The molecule has 3 aromatic rings. The molecule has 3 nitrogen and oxygen atoms in total. The molecule has 2 N–H and O–H groups in total. The maximum atomic E-state index is 12.8. The van der Waals surface area contributed by atoms with Crippen LogP contribution in [0.3, 0.4) is 0 Å². The van der Waals surface area contributed by atoms with E-state index in [0.717, 1.165) is 16.9 Å². The summed E-state index contributed by atoms with van der Waals surface area (Å²) in [7, 11) is 0. The smallest absolute Gasteiger partial charge is 0.194 e. The molecule has 0 amide bonds. The summed E-state index contributed by atoms with van der Waals surface area (Å²) in [6, 6.07) is 20.0. The van der Waals surface area contributed by atoms with Crippen molar-refractivity contribution in [2.75, 3.05) is 12.3 Å². The molecule has 25 heavy (non-hydrogen) atoms. The fraction of sp³-hybridized carbons (Fsp3) is 0.0952. The first kappa shape index (κ1) is 17.1. The van der Waals surface area contributed by atoms with Gasteiger partial charge in [-0.1, -0.05) is 29.8 Å². The van der Waals surface area contributed by atoms with E-state index in [-0.39, 0.29) is 5.78 Å². The molecule has 0 aromatic heterocycles. The quantitative estimate of drug-likeness (QED) is 0.506. The Morgan fingerprint density at radius 3 is 2.24 bits per heavy atom. The third-order valence-electron chi connectivity index (χ3n) is 3.88. The number of hydrogen-bond donors (Lipinski definition) is 1. The van der Waals surface area contributed by atoms with Gasteiger partial charge in [-0.3, -0.25) is 4.79 Å². The van der Waals surface area contributed by atoms with Crippen LogP contribution in [0.1, 0.15) is 22.8 Å². The second-order valence-corrected chi connectivity index (χ2v) is 6.01. The number of hydrogen-bond acceptors (Lipinski definition) is 3. The van der Waals surface area contributed by atoms with Crippen molar-refractivity contribution in [3.05, 3.63) is 82.9 Å². The molecule has 0 aliphatic carbocycles. The molecule has 0 fully saturated rings. The van der Waals surface area contributed by atoms with Crippen LogP contribution in [0.5, 0.6) is 5.75 Å². The Kier molecular flexibility index (Phi) is 5.05. The van der Waals surface area contributed by atoms with Gasteiger partial charge in [0.25, 0.3) is 0 Å². The third-order valence-corrected chi connectivity index (χ3v) is 4.21. The van der Waals surface area contributed by atoms with E-state index in [1.807, 2.05) is 43.3 Å². The largest absolute Gasteiger partial charge is 0.494 e. The molecule has 0 spiro atoms. The highest BCUT2D eigenvalue weighted by molar-refractivity contribution is 6.35. The molecule has 3 rings (SSSR count). The van der Waals surface area contributed by atoms with E-state index in [2.05, 4.69) is 0 Å². The fourth-order valence-corrected chi connectivity index (χ4v) is 2.78. The Balaban J connectivity index is 1.94. The summed E-state index contributed by atoms with van der Waals surface area (Å²) in [5.74, 6) is 0.617. The van der Waals surface area contributed by atoms with Crippen molar-refractivity contribution < 1.29 is 9.53 Å². The number of carbonyl (C=O) groups excluding carboxylic acids is 1. The van der Waals surface area contributed by atoms with Crippen LogP contribution in [0.15, 0.2) is 66.7 Å². The number of nitrogens with two attached hydrogens (primary N) is 1. The van der Waals surface area contributed by atoms with Gasteiger partial charge in [0.15, 0.2) is 5.78 Å². The second kappa shape index (κ2) is 7.41. The van der Waals surface area contributed by atoms with Crippen molar-refractivity contribution in [1.82, 2.24) is 0 Å². The van der Waals surface area contributed by atoms with Crippen LogP contribution in [0.25, 0.3) is 11.1 Å². The van der Waals surface area contributed by atoms with Crippen molar-refractivity contribution in [3.8, 4) is 16.9 Å². The van der Waals surface area contributed by atoms with Crippen LogP contribution in [0, 0.1) is 0 Å². The number of rotatable bonds is 5. The molecular weight excluding hydrogens is 334 g/mol. The number of carbonyl (C=O) groups is 1. The third kappa shape index (κ3) is 3.83. The summed E-state index contributed by atoms with van der Waals surface area (Å²) in [4.78, 5) is 12.8. The lowest BCUT2D eigenvalue weighted by Gasteiger charge is -2.09. The first-order valence-corrected chi connectivity index (χ1v) is 8.39. The van der Waals surface area contributed by atoms with Gasteiger partial charge in [0.05, 0.1) is 11.6 Å². The molecule has 0 aliphatic heterocycles. The summed E-state index contributed by atoms with van der Waals surface area (Å²) >= 11 is 6.27. The highest BCUT2D eigenvalue weighted by atomic mass is 35.5. The van der Waals surface area contributed by atoms with Crippen molar-refractivity contribution in [3.63, 3.8) is 0 Å². The van der Waals surface area contributed by atoms with Gasteiger partial charge in [-0.2, -0.15) is 0 Å². The molecule has 0 saturated heterocycles. The van der Waals surface area contributed by atoms with Gasteiger partial charge in [0.2, 0.25) is 0 Å². The molecule has 0 aliphatic rings. The van der Waals surface area contributed by atoms with Crippen molar-refractivity contribution in [2.24, 2.45) is 0 Å². The van der Waals surface area contributed by atoms with E-state index < -0.39 is 0 Å². The Labute approximate surface area is 152 Å². The Morgan fingerprint density at radius 1 is 0.960 bits per heavy atom. The molecule has 0 heterocycles. The lowest BCUT2D eigenvalue weighted by Crippen LogP contribution is -2.03. The van der Waals surface area contributed by atoms with Gasteiger partial charge in [0, 0.05) is 16.8 Å². The van der Waals surface area contributed by atoms with Crippen molar-refractivity contribution in [2.45, 2.75) is 6.92 Å². The number of ketones is 1. The highest BCUT2D eigenvalue weighted by Gasteiger charge is 2.14. The molecule has 0 unspecified atom stereocenters. The van der Waals surface area contributed by atoms with Crippen LogP contribution < -0.4 is 10.5 Å². The van der Waals surface area contributed by atoms with Gasteiger partial charge in [-0.25, -0.2) is 0 Å². The maximum Gasteiger partial charge on any atom is 0.194 e. The van der Waals surface area contributed by atoms with Crippen LogP contribution in [0.4, 0.5) is 5.69 Å². The molecule has 0 atom stereocenters. The summed E-state index contributed by atoms with van der Waals surface area (Å²) in [5, 5.41) is 0.429. The Hall–Kier alpha value is -2.78. The normalized spacial score (nSPS) is 10.5. The minimum Gasteiger partial charge on any atom is -0.494 e. The summed E-state index contributed by atoms with van der Waals surface area (Å²) in [6.45, 7) is 2.50. The summed E-state index contributed by atoms with van der Waals surface area (Å²) < 4.78 is 5.41. The lowest BCUT2D eigenvalue weighted by atomic mass is 9.98. The average molecular weight is 352 g/mol. The van der Waals surface area contributed by atoms with E-state index >= 15 is 0 Å². The first-order chi connectivity index (χ1) is 12.1. The predicted octanol–water partition coefficient (Wildman–Crippen LogP) is 5.22. The molecular formula is C21H18ClNO2. The van der Waals surface area contributed by atoms with Crippen LogP contribution in [-0.4, -0.2) is 12.4 Å². The average Bonchev–Trinajstić information content (AvgIpc) is 2.63. The number of nitrogen functional groups attached to an aromatic ring is 1. The summed E-state index contributed by atoms with van der Waals surface area (Å²) in [6.07, 6.45) is 0. The first-order valence-electron chi connectivity index (χ1n) is 8.01. The van der Waals surface area contributed by atoms with Gasteiger partial charge >= 0.3 is 0 Å². The second-order valence-electron chi connectivity index (χ2n) is 5.60. The van der Waals surface area contributed by atoms with Crippen molar-refractivity contribution in [1.29, 1.82) is 0 Å². The molecule has 3 aromatic carbocycles. The summed E-state index contributed by atoms with van der Waals surface area (Å²) in [5.41, 5.74) is 9.36. The SMILES string of the molecule is CCOc1ccc(C(=O)c2cc(-c3ccc(N)cc3)ccc2Cl)cc1. The van der Waals surface area contributed by atoms with Gasteiger partial charge in [0.1, 0.15) is 5.75 Å². The standard InChI is InChI=1S/C21H18ClNO2/c1-2-25-18-10-5-15(6-11-18)21(24)19-13-16(7-12-20(19)22)14-3-8-17(23)9-4-14/h3-13H,2,23H2,1H3. The van der Waals surface area contributed by atoms with E-state index in [0.29, 0.717) is 28.4 Å². The molecule has 126 valence electrons.